The molecule has 1 saturated heterocycles. The second-order valence-corrected chi connectivity index (χ2v) is 7.08. The van der Waals surface area contributed by atoms with Crippen LogP contribution < -0.4 is 9.80 Å². The van der Waals surface area contributed by atoms with Crippen molar-refractivity contribution in [3.63, 3.8) is 0 Å². The zero-order valence-electron chi connectivity index (χ0n) is 13.2. The first kappa shape index (κ1) is 15.6. The van der Waals surface area contributed by atoms with Gasteiger partial charge >= 0.3 is 0 Å². The third-order valence-electron chi connectivity index (χ3n) is 4.70. The van der Waals surface area contributed by atoms with Gasteiger partial charge in [-0.1, -0.05) is 11.3 Å². The Balaban J connectivity index is 1.66. The number of aliphatic hydroxyl groups excluding tert-OH is 1. The van der Waals surface area contributed by atoms with Gasteiger partial charge in [-0.2, -0.15) is 9.61 Å². The zero-order valence-corrected chi connectivity index (χ0v) is 14.0. The van der Waals surface area contributed by atoms with E-state index in [0.717, 1.165) is 43.4 Å². The summed E-state index contributed by atoms with van der Waals surface area (Å²) in [6.45, 7) is 4.91. The van der Waals surface area contributed by atoms with Crippen LogP contribution in [0.4, 0.5) is 0 Å². The number of aromatic nitrogens is 3. The molecule has 4 rings (SSSR count). The van der Waals surface area contributed by atoms with E-state index < -0.39 is 0 Å². The van der Waals surface area contributed by atoms with Crippen LogP contribution in [-0.4, -0.2) is 64.1 Å². The van der Waals surface area contributed by atoms with Gasteiger partial charge in [0.05, 0.1) is 12.9 Å². The highest BCUT2D eigenvalue weighted by Gasteiger charge is 2.37. The molecule has 3 aromatic rings. The van der Waals surface area contributed by atoms with Crippen molar-refractivity contribution in [3.8, 4) is 5.88 Å². The van der Waals surface area contributed by atoms with E-state index >= 15 is 0 Å². The smallest absolute Gasteiger partial charge is 0.235 e. The molecular weight excluding hydrogens is 330 g/mol. The largest absolute Gasteiger partial charge is 0.492 e. The van der Waals surface area contributed by atoms with Gasteiger partial charge in [-0.25, -0.2) is 4.98 Å². The summed E-state index contributed by atoms with van der Waals surface area (Å²) in [5.74, 6) is 0.988. The highest BCUT2D eigenvalue weighted by molar-refractivity contribution is 7.17. The van der Waals surface area contributed by atoms with Gasteiger partial charge in [0, 0.05) is 0 Å². The van der Waals surface area contributed by atoms with Gasteiger partial charge in [-0.05, 0) is 12.1 Å². The van der Waals surface area contributed by atoms with Crippen LogP contribution in [0.2, 0.25) is 0 Å². The fraction of sp³-hybridized carbons (Fsp3) is 0.467. The molecule has 0 bridgehead atoms. The molecule has 0 aromatic carbocycles. The Kier molecular flexibility index (Phi) is 4.23. The molecule has 1 fully saturated rings. The molecule has 4 heterocycles. The van der Waals surface area contributed by atoms with Crippen LogP contribution >= 0.6 is 11.3 Å². The Labute approximate surface area is 142 Å². The summed E-state index contributed by atoms with van der Waals surface area (Å²) in [6, 6.07) is 3.77. The van der Waals surface area contributed by atoms with Crippen LogP contribution in [0.15, 0.2) is 29.1 Å². The highest BCUT2D eigenvalue weighted by atomic mass is 32.1. The van der Waals surface area contributed by atoms with Crippen molar-refractivity contribution in [2.24, 2.45) is 0 Å². The fourth-order valence-corrected chi connectivity index (χ4v) is 4.57. The Bertz CT molecular complexity index is 791. The predicted octanol–water partition coefficient (Wildman–Crippen LogP) is -2.05. The second kappa shape index (κ2) is 6.52. The number of hydrogen-bond donors (Lipinski definition) is 4. The Morgan fingerprint density at radius 3 is 2.83 bits per heavy atom. The Hall–Kier alpha value is -1.94. The van der Waals surface area contributed by atoms with Gasteiger partial charge in [0.2, 0.25) is 10.8 Å². The number of fused-ring (bicyclic) bond motifs is 1. The number of nitrogens with zero attached hydrogens (tertiary/aromatic N) is 3. The molecular formula is C15H21N5O3S+2. The van der Waals surface area contributed by atoms with Crippen molar-refractivity contribution in [1.82, 2.24) is 14.6 Å². The third-order valence-corrected chi connectivity index (χ3v) is 5.80. The van der Waals surface area contributed by atoms with E-state index in [2.05, 4.69) is 10.1 Å². The van der Waals surface area contributed by atoms with E-state index in [-0.39, 0.29) is 18.5 Å². The number of quaternary nitrogens is 2. The van der Waals surface area contributed by atoms with E-state index in [1.807, 2.05) is 12.1 Å². The monoisotopic (exact) mass is 351 g/mol. The summed E-state index contributed by atoms with van der Waals surface area (Å²) in [5, 5.41) is 23.8. The molecule has 1 aliphatic rings. The first-order valence-electron chi connectivity index (χ1n) is 8.11. The predicted molar refractivity (Wildman–Crippen MR) is 86.4 cm³/mol. The fourth-order valence-electron chi connectivity index (χ4n) is 3.47. The molecule has 0 radical (unpaired) electrons. The lowest BCUT2D eigenvalue weighted by molar-refractivity contribution is -1.02. The molecule has 24 heavy (non-hydrogen) atoms. The van der Waals surface area contributed by atoms with Crippen LogP contribution in [0.3, 0.4) is 0 Å². The standard InChI is InChI=1S/C15H19N5O3S/c21-8-7-18-3-5-19(6-4-18)12(11-2-1-9-23-11)13-14(22)20-15(24-13)16-10-17-20/h1-2,9-10,12,21-22H,3-8H2/p+2/t12-/m1/s1. The molecule has 0 unspecified atom stereocenters. The SMILES string of the molecule is OCC[NH+]1CC[NH+]([C@H](c2ccco2)c2sc3ncnn3c2O)CC1. The number of aromatic hydroxyl groups is 1. The van der Waals surface area contributed by atoms with Gasteiger partial charge in [-0.15, -0.1) is 0 Å². The summed E-state index contributed by atoms with van der Waals surface area (Å²) in [5.41, 5.74) is 0. The average Bonchev–Trinajstić information content (AvgIpc) is 3.31. The molecule has 9 heteroatoms. The van der Waals surface area contributed by atoms with Crippen molar-refractivity contribution < 1.29 is 24.4 Å². The summed E-state index contributed by atoms with van der Waals surface area (Å²) < 4.78 is 7.16. The van der Waals surface area contributed by atoms with E-state index in [4.69, 9.17) is 9.52 Å². The van der Waals surface area contributed by atoms with E-state index in [9.17, 15) is 5.11 Å². The molecule has 0 saturated carbocycles. The second-order valence-electron chi connectivity index (χ2n) is 6.07. The molecule has 0 spiro atoms. The van der Waals surface area contributed by atoms with E-state index in [0.29, 0.717) is 4.96 Å². The van der Waals surface area contributed by atoms with Gasteiger partial charge in [0.15, 0.2) is 11.8 Å². The van der Waals surface area contributed by atoms with Gasteiger partial charge < -0.3 is 24.4 Å². The van der Waals surface area contributed by atoms with Crippen LogP contribution in [0.1, 0.15) is 16.7 Å². The minimum Gasteiger partial charge on any atom is -0.492 e. The molecule has 1 aliphatic heterocycles. The molecule has 8 nitrogen and oxygen atoms in total. The third kappa shape index (κ3) is 2.69. The minimum absolute atomic E-state index is 0.0656. The lowest BCUT2D eigenvalue weighted by Crippen LogP contribution is -3.28. The van der Waals surface area contributed by atoms with E-state index in [1.54, 1.807) is 6.26 Å². The molecule has 4 N–H and O–H groups in total. The van der Waals surface area contributed by atoms with Crippen LogP contribution in [0, 0.1) is 0 Å². The quantitative estimate of drug-likeness (QED) is 0.425. The van der Waals surface area contributed by atoms with Crippen molar-refractivity contribution in [1.29, 1.82) is 0 Å². The summed E-state index contributed by atoms with van der Waals surface area (Å²) >= 11 is 1.45. The number of thiazole rings is 1. The number of rotatable bonds is 5. The molecule has 1 atom stereocenters. The van der Waals surface area contributed by atoms with E-state index in [1.165, 1.54) is 32.0 Å². The molecule has 0 aliphatic carbocycles. The van der Waals surface area contributed by atoms with Gasteiger partial charge in [0.1, 0.15) is 43.9 Å². The van der Waals surface area contributed by atoms with Gasteiger partial charge in [-0.3, -0.25) is 0 Å². The van der Waals surface area contributed by atoms with Crippen LogP contribution in [-0.2, 0) is 0 Å². The average molecular weight is 351 g/mol. The van der Waals surface area contributed by atoms with Gasteiger partial charge in [0.25, 0.3) is 0 Å². The maximum Gasteiger partial charge on any atom is 0.235 e. The number of hydrogen-bond acceptors (Lipinski definition) is 6. The summed E-state index contributed by atoms with van der Waals surface area (Å²) in [4.78, 5) is 8.48. The van der Waals surface area contributed by atoms with Crippen LogP contribution in [0.25, 0.3) is 4.96 Å². The van der Waals surface area contributed by atoms with Crippen LogP contribution in [0.5, 0.6) is 5.88 Å². The highest BCUT2D eigenvalue weighted by Crippen LogP contribution is 2.34. The lowest BCUT2D eigenvalue weighted by Gasteiger charge is -2.33. The molecule has 128 valence electrons. The topological polar surface area (TPSA) is 92.7 Å². The molecule has 3 aromatic heterocycles. The first-order chi connectivity index (χ1) is 11.8. The number of aliphatic hydroxyl groups is 1. The summed E-state index contributed by atoms with van der Waals surface area (Å²) in [6.07, 6.45) is 3.12. The van der Waals surface area contributed by atoms with Crippen molar-refractivity contribution in [2.45, 2.75) is 6.04 Å². The number of furan rings is 1. The number of nitrogens with one attached hydrogen (secondary N) is 2. The van der Waals surface area contributed by atoms with Crippen molar-refractivity contribution >= 4 is 16.3 Å². The normalized spacial score (nSPS) is 22.9. The zero-order chi connectivity index (χ0) is 16.5. The maximum atomic E-state index is 10.6. The maximum absolute atomic E-state index is 10.6. The summed E-state index contributed by atoms with van der Waals surface area (Å²) in [7, 11) is 0. The van der Waals surface area contributed by atoms with Crippen molar-refractivity contribution in [2.75, 3.05) is 39.3 Å². The Morgan fingerprint density at radius 2 is 2.17 bits per heavy atom. The first-order valence-corrected chi connectivity index (χ1v) is 8.93. The minimum atomic E-state index is -0.0656. The van der Waals surface area contributed by atoms with Crippen molar-refractivity contribution in [3.05, 3.63) is 35.4 Å². The Morgan fingerprint density at radius 1 is 1.33 bits per heavy atom. The molecule has 0 amide bonds. The number of piperazine rings is 1. The lowest BCUT2D eigenvalue weighted by atomic mass is 10.1.